The average Bonchev–Trinajstić information content (AvgIpc) is 3.18. The van der Waals surface area contributed by atoms with Crippen molar-refractivity contribution in [3.8, 4) is 0 Å². The van der Waals surface area contributed by atoms with Gasteiger partial charge in [-0.2, -0.15) is 0 Å². The van der Waals surface area contributed by atoms with Gasteiger partial charge in [0.1, 0.15) is 5.82 Å². The molecular weight excluding hydrogens is 411 g/mol. The molecule has 1 spiro atoms. The Labute approximate surface area is 186 Å². The second-order valence-electron chi connectivity index (χ2n) is 8.76. The highest BCUT2D eigenvalue weighted by atomic mass is 35.5. The number of rotatable bonds is 3. The molecule has 1 fully saturated rings. The van der Waals surface area contributed by atoms with E-state index in [0.717, 1.165) is 48.7 Å². The number of benzene rings is 2. The van der Waals surface area contributed by atoms with E-state index in [1.54, 1.807) is 24.3 Å². The third kappa shape index (κ3) is 3.85. The van der Waals surface area contributed by atoms with Crippen LogP contribution in [0.15, 0.2) is 66.9 Å². The summed E-state index contributed by atoms with van der Waals surface area (Å²) in [6, 6.07) is 14.1. The maximum absolute atomic E-state index is 13.9. The monoisotopic (exact) mass is 434 g/mol. The zero-order chi connectivity index (χ0) is 21.4. The van der Waals surface area contributed by atoms with Crippen molar-refractivity contribution in [2.45, 2.75) is 38.0 Å². The number of anilines is 1. The highest BCUT2D eigenvalue weighted by Gasteiger charge is 2.45. The summed E-state index contributed by atoms with van der Waals surface area (Å²) in [6.07, 6.45) is 10.9. The van der Waals surface area contributed by atoms with Gasteiger partial charge in [0.25, 0.3) is 0 Å². The van der Waals surface area contributed by atoms with Crippen LogP contribution >= 0.6 is 11.6 Å². The third-order valence-electron chi connectivity index (χ3n) is 7.04. The minimum atomic E-state index is -0.230. The lowest BCUT2D eigenvalue weighted by Crippen LogP contribution is -2.37. The lowest BCUT2D eigenvalue weighted by atomic mass is 9.64. The topological polar surface area (TPSA) is 42.0 Å². The minimum absolute atomic E-state index is 0.0595. The molecule has 2 aliphatic carbocycles. The Morgan fingerprint density at radius 3 is 2.65 bits per heavy atom. The molecule has 2 aromatic carbocycles. The number of carbonyl (C=O) groups is 1. The summed E-state index contributed by atoms with van der Waals surface area (Å²) in [5, 5.41) is 4.63. The summed E-state index contributed by atoms with van der Waals surface area (Å²) >= 11 is 5.95. The van der Waals surface area contributed by atoms with Crippen LogP contribution in [0.25, 0.3) is 10.9 Å². The predicted octanol–water partition coefficient (Wildman–Crippen LogP) is 6.89. The molecule has 0 unspecified atom stereocenters. The number of aromatic nitrogens is 1. The fraction of sp³-hybridized carbons (Fsp3) is 0.308. The van der Waals surface area contributed by atoms with Crippen LogP contribution in [0.1, 0.15) is 43.6 Å². The molecule has 1 heterocycles. The van der Waals surface area contributed by atoms with E-state index in [1.165, 1.54) is 11.6 Å². The van der Waals surface area contributed by atoms with Gasteiger partial charge in [-0.05, 0) is 92.1 Å². The van der Waals surface area contributed by atoms with E-state index in [1.807, 2.05) is 24.4 Å². The van der Waals surface area contributed by atoms with E-state index in [4.69, 9.17) is 11.6 Å². The van der Waals surface area contributed by atoms with Gasteiger partial charge in [0.05, 0.1) is 11.4 Å². The van der Waals surface area contributed by atoms with E-state index >= 15 is 0 Å². The van der Waals surface area contributed by atoms with E-state index in [-0.39, 0.29) is 23.1 Å². The van der Waals surface area contributed by atoms with Gasteiger partial charge in [0.2, 0.25) is 5.91 Å². The molecule has 2 aliphatic rings. The van der Waals surface area contributed by atoms with Crippen molar-refractivity contribution in [1.29, 1.82) is 0 Å². The number of nitrogens with one attached hydrogen (secondary N) is 1. The maximum atomic E-state index is 13.9. The fourth-order valence-corrected chi connectivity index (χ4v) is 5.52. The molecule has 0 aliphatic heterocycles. The Morgan fingerprint density at radius 2 is 1.87 bits per heavy atom. The first-order valence-electron chi connectivity index (χ1n) is 10.8. The Morgan fingerprint density at radius 1 is 1.10 bits per heavy atom. The van der Waals surface area contributed by atoms with Gasteiger partial charge in [-0.3, -0.25) is 9.78 Å². The summed E-state index contributed by atoms with van der Waals surface area (Å²) < 4.78 is 13.9. The summed E-state index contributed by atoms with van der Waals surface area (Å²) in [7, 11) is 0. The van der Waals surface area contributed by atoms with Crippen molar-refractivity contribution in [2.75, 3.05) is 5.32 Å². The van der Waals surface area contributed by atoms with Crippen LogP contribution in [0.2, 0.25) is 5.02 Å². The first kappa shape index (κ1) is 20.2. The highest BCUT2D eigenvalue weighted by molar-refractivity contribution is 6.30. The molecule has 0 radical (unpaired) electrons. The molecule has 1 aromatic heterocycles. The summed E-state index contributed by atoms with van der Waals surface area (Å²) in [5.74, 6) is 0.136. The normalized spacial score (nSPS) is 25.2. The number of pyridine rings is 1. The van der Waals surface area contributed by atoms with Crippen molar-refractivity contribution in [2.24, 2.45) is 11.3 Å². The SMILES string of the molecule is O=C(Nc1ccc(Cl)cc1)[C@H]1CC=CC12CCC(c1ccnc3ccc(F)cc13)CC2. The van der Waals surface area contributed by atoms with Crippen LogP contribution in [0, 0.1) is 17.2 Å². The quantitative estimate of drug-likeness (QED) is 0.456. The molecular formula is C26H24ClFN2O. The first-order valence-corrected chi connectivity index (χ1v) is 11.2. The van der Waals surface area contributed by atoms with Crippen molar-refractivity contribution in [1.82, 2.24) is 4.98 Å². The number of carbonyl (C=O) groups excluding carboxylic acids is 1. The van der Waals surface area contributed by atoms with Gasteiger partial charge in [-0.15, -0.1) is 0 Å². The molecule has 1 atom stereocenters. The Hall–Kier alpha value is -2.72. The second-order valence-corrected chi connectivity index (χ2v) is 9.19. The number of hydrogen-bond acceptors (Lipinski definition) is 2. The molecule has 31 heavy (non-hydrogen) atoms. The number of amides is 1. The molecule has 0 bridgehead atoms. The molecule has 5 heteroatoms. The third-order valence-corrected chi connectivity index (χ3v) is 7.29. The zero-order valence-corrected chi connectivity index (χ0v) is 17.9. The molecule has 3 nitrogen and oxygen atoms in total. The predicted molar refractivity (Wildman–Crippen MR) is 123 cm³/mol. The standard InChI is InChI=1S/C26H24ClFN2O/c27-18-3-6-20(7-4-18)30-25(31)23-2-1-12-26(23)13-9-17(10-14-26)21-11-15-29-24-8-5-19(28)16-22(21)24/h1,3-8,11-12,15-17,23H,2,9-10,13-14H2,(H,30,31)/t17?,23-,26?/m1/s1. The summed E-state index contributed by atoms with van der Waals surface area (Å²) in [5.41, 5.74) is 2.68. The maximum Gasteiger partial charge on any atom is 0.228 e. The van der Waals surface area contributed by atoms with Crippen LogP contribution in [0.3, 0.4) is 0 Å². The van der Waals surface area contributed by atoms with Crippen molar-refractivity contribution >= 4 is 34.1 Å². The van der Waals surface area contributed by atoms with Gasteiger partial charge in [-0.1, -0.05) is 23.8 Å². The van der Waals surface area contributed by atoms with Crippen LogP contribution in [0.4, 0.5) is 10.1 Å². The van der Waals surface area contributed by atoms with Gasteiger partial charge >= 0.3 is 0 Å². The van der Waals surface area contributed by atoms with Crippen molar-refractivity contribution in [3.63, 3.8) is 0 Å². The van der Waals surface area contributed by atoms with Gasteiger partial charge < -0.3 is 5.32 Å². The Balaban J connectivity index is 1.33. The van der Waals surface area contributed by atoms with E-state index in [0.29, 0.717) is 10.9 Å². The molecule has 3 aromatic rings. The molecule has 158 valence electrons. The van der Waals surface area contributed by atoms with Crippen molar-refractivity contribution in [3.05, 3.63) is 83.3 Å². The molecule has 5 rings (SSSR count). The highest BCUT2D eigenvalue weighted by Crippen LogP contribution is 2.53. The number of halogens is 2. The summed E-state index contributed by atoms with van der Waals surface area (Å²) in [4.78, 5) is 17.5. The lowest BCUT2D eigenvalue weighted by Gasteiger charge is -2.40. The number of nitrogens with zero attached hydrogens (tertiary/aromatic N) is 1. The number of hydrogen-bond donors (Lipinski definition) is 1. The van der Waals surface area contributed by atoms with Crippen molar-refractivity contribution < 1.29 is 9.18 Å². The van der Waals surface area contributed by atoms with E-state index in [2.05, 4.69) is 22.5 Å². The Kier molecular flexibility index (Phi) is 5.27. The number of allylic oxidation sites excluding steroid dienone is 2. The Bertz CT molecular complexity index is 1150. The zero-order valence-electron chi connectivity index (χ0n) is 17.2. The van der Waals surface area contributed by atoms with Crippen LogP contribution in [-0.4, -0.2) is 10.9 Å². The van der Waals surface area contributed by atoms with E-state index in [9.17, 15) is 9.18 Å². The van der Waals surface area contributed by atoms with Crippen LogP contribution < -0.4 is 5.32 Å². The lowest BCUT2D eigenvalue weighted by molar-refractivity contribution is -0.123. The first-order chi connectivity index (χ1) is 15.0. The molecule has 1 amide bonds. The van der Waals surface area contributed by atoms with Crippen LogP contribution in [0.5, 0.6) is 0 Å². The average molecular weight is 435 g/mol. The van der Waals surface area contributed by atoms with Gasteiger partial charge in [-0.25, -0.2) is 4.39 Å². The minimum Gasteiger partial charge on any atom is -0.326 e. The fourth-order valence-electron chi connectivity index (χ4n) is 5.40. The second kappa shape index (κ2) is 8.08. The van der Waals surface area contributed by atoms with Gasteiger partial charge in [0, 0.05) is 27.7 Å². The van der Waals surface area contributed by atoms with E-state index < -0.39 is 0 Å². The molecule has 1 N–H and O–H groups in total. The summed E-state index contributed by atoms with van der Waals surface area (Å²) in [6.45, 7) is 0. The van der Waals surface area contributed by atoms with Gasteiger partial charge in [0.15, 0.2) is 0 Å². The van der Waals surface area contributed by atoms with Crippen LogP contribution in [-0.2, 0) is 4.79 Å². The smallest absolute Gasteiger partial charge is 0.228 e. The molecule has 0 saturated heterocycles. The molecule has 1 saturated carbocycles. The number of fused-ring (bicyclic) bond motifs is 1. The largest absolute Gasteiger partial charge is 0.326 e.